The second-order valence-corrected chi connectivity index (χ2v) is 7.21. The van der Waals surface area contributed by atoms with Gasteiger partial charge in [0.2, 0.25) is 0 Å². The van der Waals surface area contributed by atoms with Crippen LogP contribution in [0.5, 0.6) is 0 Å². The molecule has 1 aliphatic rings. The van der Waals surface area contributed by atoms with Crippen molar-refractivity contribution in [3.8, 4) is 0 Å². The molecule has 1 N–H and O–H groups in total. The topological polar surface area (TPSA) is 18.5 Å². The number of nitrogens with one attached hydrogen (secondary N) is 1. The van der Waals surface area contributed by atoms with Crippen LogP contribution in [0.2, 0.25) is 0 Å². The van der Waals surface area contributed by atoms with Gasteiger partial charge >= 0.3 is 0 Å². The minimum absolute atomic E-state index is 0.297. The predicted octanol–water partition coefficient (Wildman–Crippen LogP) is 2.67. The molecular weight excluding hydrogens is 258 g/mol. The van der Waals surface area contributed by atoms with E-state index in [4.69, 9.17) is 0 Å². The zero-order chi connectivity index (χ0) is 15.5. The standard InChI is InChI=1S/C18H31N3/c1-15-6-8-16(9-7-15)17(19-5)14-20-10-12-21(13-11-20)18(2,3)4/h6-9,17,19H,10-14H2,1-5H3. The first-order chi connectivity index (χ1) is 9.90. The molecular formula is C18H31N3. The van der Waals surface area contributed by atoms with E-state index in [0.29, 0.717) is 11.6 Å². The quantitative estimate of drug-likeness (QED) is 0.919. The average molecular weight is 289 g/mol. The maximum absolute atomic E-state index is 3.47. The van der Waals surface area contributed by atoms with Crippen LogP contribution in [-0.2, 0) is 0 Å². The summed E-state index contributed by atoms with van der Waals surface area (Å²) >= 11 is 0. The van der Waals surface area contributed by atoms with Crippen molar-refractivity contribution >= 4 is 0 Å². The zero-order valence-corrected chi connectivity index (χ0v) is 14.3. The Hall–Kier alpha value is -0.900. The Morgan fingerprint density at radius 1 is 1.05 bits per heavy atom. The Morgan fingerprint density at radius 3 is 2.10 bits per heavy atom. The van der Waals surface area contributed by atoms with Crippen molar-refractivity contribution in [1.29, 1.82) is 0 Å². The van der Waals surface area contributed by atoms with Gasteiger partial charge in [0.05, 0.1) is 0 Å². The van der Waals surface area contributed by atoms with E-state index in [-0.39, 0.29) is 0 Å². The molecule has 0 aromatic heterocycles. The molecule has 1 atom stereocenters. The Labute approximate surface area is 130 Å². The maximum Gasteiger partial charge on any atom is 0.0446 e. The van der Waals surface area contributed by atoms with Crippen molar-refractivity contribution < 1.29 is 0 Å². The zero-order valence-electron chi connectivity index (χ0n) is 14.3. The van der Waals surface area contributed by atoms with E-state index in [9.17, 15) is 0 Å². The minimum atomic E-state index is 0.297. The monoisotopic (exact) mass is 289 g/mol. The van der Waals surface area contributed by atoms with E-state index in [1.807, 2.05) is 0 Å². The van der Waals surface area contributed by atoms with Gasteiger partial charge in [0.15, 0.2) is 0 Å². The second-order valence-electron chi connectivity index (χ2n) is 7.21. The van der Waals surface area contributed by atoms with Crippen molar-refractivity contribution in [3.63, 3.8) is 0 Å². The van der Waals surface area contributed by atoms with Gasteiger partial charge in [0.25, 0.3) is 0 Å². The summed E-state index contributed by atoms with van der Waals surface area (Å²) in [5, 5.41) is 3.47. The molecule has 0 bridgehead atoms. The molecule has 0 spiro atoms. The van der Waals surface area contributed by atoms with Crippen LogP contribution >= 0.6 is 0 Å². The van der Waals surface area contributed by atoms with Crippen molar-refractivity contribution in [2.45, 2.75) is 39.3 Å². The van der Waals surface area contributed by atoms with E-state index in [1.54, 1.807) is 0 Å². The van der Waals surface area contributed by atoms with Crippen LogP contribution in [0.15, 0.2) is 24.3 Å². The second kappa shape index (κ2) is 6.91. The number of aryl methyl sites for hydroxylation is 1. The number of rotatable bonds is 4. The first-order valence-corrected chi connectivity index (χ1v) is 8.11. The summed E-state index contributed by atoms with van der Waals surface area (Å²) in [6.07, 6.45) is 0. The lowest BCUT2D eigenvalue weighted by molar-refractivity contribution is 0.0584. The summed E-state index contributed by atoms with van der Waals surface area (Å²) in [6.45, 7) is 14.9. The van der Waals surface area contributed by atoms with E-state index in [1.165, 1.54) is 37.3 Å². The summed E-state index contributed by atoms with van der Waals surface area (Å²) in [4.78, 5) is 5.17. The van der Waals surface area contributed by atoms with Crippen molar-refractivity contribution in [2.75, 3.05) is 39.8 Å². The number of benzene rings is 1. The molecule has 1 aromatic rings. The third-order valence-electron chi connectivity index (χ3n) is 4.59. The fourth-order valence-corrected chi connectivity index (χ4v) is 3.02. The van der Waals surface area contributed by atoms with E-state index < -0.39 is 0 Å². The van der Waals surface area contributed by atoms with Crippen LogP contribution < -0.4 is 5.32 Å². The molecule has 118 valence electrons. The van der Waals surface area contributed by atoms with Gasteiger partial charge in [0, 0.05) is 44.3 Å². The van der Waals surface area contributed by atoms with Crippen LogP contribution in [0, 0.1) is 6.92 Å². The molecule has 0 radical (unpaired) electrons. The Kier molecular flexibility index (Phi) is 5.42. The van der Waals surface area contributed by atoms with Gasteiger partial charge in [-0.3, -0.25) is 9.80 Å². The Bertz CT molecular complexity index is 425. The smallest absolute Gasteiger partial charge is 0.0446 e. The number of nitrogens with zero attached hydrogens (tertiary/aromatic N) is 2. The van der Waals surface area contributed by atoms with Crippen molar-refractivity contribution in [2.24, 2.45) is 0 Å². The van der Waals surface area contributed by atoms with E-state index in [2.05, 4.69) is 74.1 Å². The lowest BCUT2D eigenvalue weighted by atomic mass is 10.0. The van der Waals surface area contributed by atoms with Crippen LogP contribution in [-0.4, -0.2) is 55.1 Å². The van der Waals surface area contributed by atoms with Crippen LogP contribution in [0.25, 0.3) is 0 Å². The van der Waals surface area contributed by atoms with E-state index >= 15 is 0 Å². The van der Waals surface area contributed by atoms with Gasteiger partial charge in [0.1, 0.15) is 0 Å². The highest BCUT2D eigenvalue weighted by Gasteiger charge is 2.26. The largest absolute Gasteiger partial charge is 0.312 e. The van der Waals surface area contributed by atoms with Crippen molar-refractivity contribution in [1.82, 2.24) is 15.1 Å². The van der Waals surface area contributed by atoms with Gasteiger partial charge in [-0.25, -0.2) is 0 Å². The molecule has 1 saturated heterocycles. The summed E-state index contributed by atoms with van der Waals surface area (Å²) < 4.78 is 0. The maximum atomic E-state index is 3.47. The molecule has 1 aromatic carbocycles. The van der Waals surface area contributed by atoms with Crippen LogP contribution in [0.3, 0.4) is 0 Å². The summed E-state index contributed by atoms with van der Waals surface area (Å²) in [5.41, 5.74) is 3.01. The van der Waals surface area contributed by atoms with Gasteiger partial charge in [-0.2, -0.15) is 0 Å². The molecule has 0 aliphatic carbocycles. The highest BCUT2D eigenvalue weighted by molar-refractivity contribution is 5.24. The molecule has 1 aliphatic heterocycles. The van der Waals surface area contributed by atoms with E-state index in [0.717, 1.165) is 6.54 Å². The molecule has 1 unspecified atom stereocenters. The lowest BCUT2D eigenvalue weighted by Crippen LogP contribution is -2.54. The molecule has 0 amide bonds. The van der Waals surface area contributed by atoms with Crippen LogP contribution in [0.1, 0.15) is 37.9 Å². The molecule has 3 heteroatoms. The normalized spacial score (nSPS) is 19.7. The summed E-state index contributed by atoms with van der Waals surface area (Å²) in [7, 11) is 2.07. The molecule has 1 fully saturated rings. The molecule has 21 heavy (non-hydrogen) atoms. The van der Waals surface area contributed by atoms with Gasteiger partial charge in [-0.1, -0.05) is 29.8 Å². The van der Waals surface area contributed by atoms with Gasteiger partial charge < -0.3 is 5.32 Å². The lowest BCUT2D eigenvalue weighted by Gasteiger charge is -2.43. The fraction of sp³-hybridized carbons (Fsp3) is 0.667. The molecule has 0 saturated carbocycles. The fourth-order valence-electron chi connectivity index (χ4n) is 3.02. The minimum Gasteiger partial charge on any atom is -0.312 e. The summed E-state index contributed by atoms with van der Waals surface area (Å²) in [5.74, 6) is 0. The highest BCUT2D eigenvalue weighted by atomic mass is 15.3. The Morgan fingerprint density at radius 2 is 1.62 bits per heavy atom. The Balaban J connectivity index is 1.90. The SMILES string of the molecule is CNC(CN1CCN(C(C)(C)C)CC1)c1ccc(C)cc1. The molecule has 2 rings (SSSR count). The van der Waals surface area contributed by atoms with Gasteiger partial charge in [-0.15, -0.1) is 0 Å². The number of hydrogen-bond acceptors (Lipinski definition) is 3. The number of hydrogen-bond donors (Lipinski definition) is 1. The molecule has 1 heterocycles. The number of piperazine rings is 1. The van der Waals surface area contributed by atoms with Crippen LogP contribution in [0.4, 0.5) is 0 Å². The third-order valence-corrected chi connectivity index (χ3v) is 4.59. The number of likely N-dealkylation sites (N-methyl/N-ethyl adjacent to an activating group) is 1. The van der Waals surface area contributed by atoms with Gasteiger partial charge in [-0.05, 0) is 40.3 Å². The molecule has 3 nitrogen and oxygen atoms in total. The first kappa shape index (κ1) is 16.5. The third kappa shape index (κ3) is 4.53. The summed E-state index contributed by atoms with van der Waals surface area (Å²) in [6, 6.07) is 9.34. The highest BCUT2D eigenvalue weighted by Crippen LogP contribution is 2.19. The van der Waals surface area contributed by atoms with Crippen molar-refractivity contribution in [3.05, 3.63) is 35.4 Å². The first-order valence-electron chi connectivity index (χ1n) is 8.11. The average Bonchev–Trinajstić information content (AvgIpc) is 2.45. The predicted molar refractivity (Wildman–Crippen MR) is 90.7 cm³/mol.